The lowest BCUT2D eigenvalue weighted by Gasteiger charge is -2.08. The molecular weight excluding hydrogens is 260 g/mol. The molecule has 0 saturated heterocycles. The van der Waals surface area contributed by atoms with Crippen LogP contribution in [0.25, 0.3) is 0 Å². The van der Waals surface area contributed by atoms with Crippen LogP contribution in [0, 0.1) is 23.5 Å². The van der Waals surface area contributed by atoms with E-state index in [0.717, 1.165) is 5.56 Å². The third-order valence-electron chi connectivity index (χ3n) is 2.57. The molecule has 0 radical (unpaired) electrons. The van der Waals surface area contributed by atoms with Gasteiger partial charge in [-0.1, -0.05) is 24.0 Å². The summed E-state index contributed by atoms with van der Waals surface area (Å²) in [7, 11) is 0. The predicted octanol–water partition coefficient (Wildman–Crippen LogP) is 2.85. The lowest BCUT2D eigenvalue weighted by molar-refractivity contribution is 0.304. The molecule has 2 aromatic carbocycles. The van der Waals surface area contributed by atoms with Crippen LogP contribution in [0.3, 0.4) is 0 Å². The molecule has 0 heterocycles. The summed E-state index contributed by atoms with van der Waals surface area (Å²) in [6.07, 6.45) is 0. The fourth-order valence-electron chi connectivity index (χ4n) is 1.61. The first-order chi connectivity index (χ1) is 9.69. The molecule has 20 heavy (non-hydrogen) atoms. The van der Waals surface area contributed by atoms with Gasteiger partial charge in [0.2, 0.25) is 0 Å². The fourth-order valence-corrected chi connectivity index (χ4v) is 1.61. The van der Waals surface area contributed by atoms with E-state index >= 15 is 0 Å². The molecule has 0 fully saturated rings. The van der Waals surface area contributed by atoms with Gasteiger partial charge in [0.15, 0.2) is 0 Å². The van der Waals surface area contributed by atoms with Crippen LogP contribution in [0.4, 0.5) is 8.78 Å². The Morgan fingerprint density at radius 3 is 2.40 bits per heavy atom. The summed E-state index contributed by atoms with van der Waals surface area (Å²) in [5.74, 6) is 5.20. The summed E-state index contributed by atoms with van der Waals surface area (Å²) in [6, 6.07) is 10.1. The van der Waals surface area contributed by atoms with E-state index in [2.05, 4.69) is 11.8 Å². The highest BCUT2D eigenvalue weighted by atomic mass is 19.1. The highest BCUT2D eigenvalue weighted by molar-refractivity contribution is 5.46. The van der Waals surface area contributed by atoms with Gasteiger partial charge in [0.05, 0.1) is 12.1 Å². The van der Waals surface area contributed by atoms with Crippen LogP contribution in [-0.4, -0.2) is 6.54 Å². The molecule has 4 heteroatoms. The van der Waals surface area contributed by atoms with Crippen molar-refractivity contribution in [3.8, 4) is 17.6 Å². The molecule has 0 saturated carbocycles. The standard InChI is InChI=1S/C16H13F2NO/c17-14-5-3-12(4-6-14)11-20-16-8-7-15(18)10-13(16)2-1-9-19/h3-8,10H,9,11,19H2. The van der Waals surface area contributed by atoms with Crippen molar-refractivity contribution >= 4 is 0 Å². The molecule has 0 amide bonds. The van der Waals surface area contributed by atoms with Crippen molar-refractivity contribution in [2.75, 3.05) is 6.54 Å². The molecule has 2 nitrogen and oxygen atoms in total. The van der Waals surface area contributed by atoms with E-state index in [1.165, 1.54) is 30.3 Å². The molecule has 0 bridgehead atoms. The molecule has 0 unspecified atom stereocenters. The average Bonchev–Trinajstić information content (AvgIpc) is 2.46. The Balaban J connectivity index is 2.14. The van der Waals surface area contributed by atoms with Gasteiger partial charge in [-0.15, -0.1) is 0 Å². The summed E-state index contributed by atoms with van der Waals surface area (Å²) < 4.78 is 31.6. The van der Waals surface area contributed by atoms with Gasteiger partial charge in [0, 0.05) is 0 Å². The quantitative estimate of drug-likeness (QED) is 0.873. The van der Waals surface area contributed by atoms with Gasteiger partial charge in [0.1, 0.15) is 24.0 Å². The molecule has 2 rings (SSSR count). The minimum absolute atomic E-state index is 0.188. The number of hydrogen-bond acceptors (Lipinski definition) is 2. The first kappa shape index (κ1) is 14.0. The number of ether oxygens (including phenoxy) is 1. The van der Waals surface area contributed by atoms with Gasteiger partial charge < -0.3 is 10.5 Å². The van der Waals surface area contributed by atoms with Crippen LogP contribution >= 0.6 is 0 Å². The number of nitrogens with two attached hydrogens (primary N) is 1. The molecular formula is C16H13F2NO. The maximum absolute atomic E-state index is 13.2. The smallest absolute Gasteiger partial charge is 0.135 e. The molecule has 102 valence electrons. The summed E-state index contributed by atoms with van der Waals surface area (Å²) in [5, 5.41) is 0. The minimum Gasteiger partial charge on any atom is -0.488 e. The van der Waals surface area contributed by atoms with E-state index in [-0.39, 0.29) is 24.8 Å². The highest BCUT2D eigenvalue weighted by Gasteiger charge is 2.04. The SMILES string of the molecule is NCC#Cc1cc(F)ccc1OCc1ccc(F)cc1. The van der Waals surface area contributed by atoms with Crippen LogP contribution in [0.5, 0.6) is 5.75 Å². The molecule has 0 aliphatic carbocycles. The molecule has 0 aliphatic rings. The van der Waals surface area contributed by atoms with Crippen molar-refractivity contribution in [2.24, 2.45) is 5.73 Å². The third kappa shape index (κ3) is 3.81. The van der Waals surface area contributed by atoms with Gasteiger partial charge in [-0.3, -0.25) is 0 Å². The number of rotatable bonds is 3. The zero-order chi connectivity index (χ0) is 14.4. The van der Waals surface area contributed by atoms with Crippen LogP contribution in [0.15, 0.2) is 42.5 Å². The maximum Gasteiger partial charge on any atom is 0.135 e. The highest BCUT2D eigenvalue weighted by Crippen LogP contribution is 2.20. The minimum atomic E-state index is -0.388. The van der Waals surface area contributed by atoms with Crippen LogP contribution in [-0.2, 0) is 6.61 Å². The van der Waals surface area contributed by atoms with E-state index in [9.17, 15) is 8.78 Å². The Hall–Kier alpha value is -2.38. The Bertz CT molecular complexity index is 642. The molecule has 2 N–H and O–H groups in total. The first-order valence-electron chi connectivity index (χ1n) is 6.05. The van der Waals surface area contributed by atoms with Gasteiger partial charge in [0.25, 0.3) is 0 Å². The summed E-state index contributed by atoms with van der Waals surface area (Å²) in [5.41, 5.74) is 6.56. The van der Waals surface area contributed by atoms with E-state index < -0.39 is 0 Å². The lowest BCUT2D eigenvalue weighted by Crippen LogP contribution is -1.98. The van der Waals surface area contributed by atoms with Crippen molar-refractivity contribution in [2.45, 2.75) is 6.61 Å². The second kappa shape index (κ2) is 6.69. The molecule has 2 aromatic rings. The van der Waals surface area contributed by atoms with E-state index in [1.807, 2.05) is 0 Å². The molecule has 0 aromatic heterocycles. The van der Waals surface area contributed by atoms with Crippen molar-refractivity contribution in [1.82, 2.24) is 0 Å². The van der Waals surface area contributed by atoms with Crippen molar-refractivity contribution in [1.29, 1.82) is 0 Å². The van der Waals surface area contributed by atoms with Crippen LogP contribution < -0.4 is 10.5 Å². The van der Waals surface area contributed by atoms with E-state index in [1.54, 1.807) is 12.1 Å². The van der Waals surface area contributed by atoms with Crippen molar-refractivity contribution < 1.29 is 13.5 Å². The van der Waals surface area contributed by atoms with Gasteiger partial charge in [-0.2, -0.15) is 0 Å². The number of halogens is 2. The predicted molar refractivity (Wildman–Crippen MR) is 73.1 cm³/mol. The summed E-state index contributed by atoms with van der Waals surface area (Å²) >= 11 is 0. The second-order valence-corrected chi connectivity index (χ2v) is 4.06. The molecule has 0 atom stereocenters. The van der Waals surface area contributed by atoms with Gasteiger partial charge in [-0.25, -0.2) is 8.78 Å². The first-order valence-corrected chi connectivity index (χ1v) is 6.05. The summed E-state index contributed by atoms with van der Waals surface area (Å²) in [4.78, 5) is 0. The normalized spacial score (nSPS) is 9.75. The largest absolute Gasteiger partial charge is 0.488 e. The van der Waals surface area contributed by atoms with Gasteiger partial charge in [-0.05, 0) is 35.9 Å². The van der Waals surface area contributed by atoms with Crippen LogP contribution in [0.1, 0.15) is 11.1 Å². The zero-order valence-corrected chi connectivity index (χ0v) is 10.7. The summed E-state index contributed by atoms with van der Waals surface area (Å²) in [6.45, 7) is 0.442. The number of hydrogen-bond donors (Lipinski definition) is 1. The average molecular weight is 273 g/mol. The Kier molecular flexibility index (Phi) is 4.70. The van der Waals surface area contributed by atoms with E-state index in [4.69, 9.17) is 10.5 Å². The Morgan fingerprint density at radius 2 is 1.70 bits per heavy atom. The third-order valence-corrected chi connectivity index (χ3v) is 2.57. The fraction of sp³-hybridized carbons (Fsp3) is 0.125. The Morgan fingerprint density at radius 1 is 1.00 bits per heavy atom. The van der Waals surface area contributed by atoms with Crippen LogP contribution in [0.2, 0.25) is 0 Å². The second-order valence-electron chi connectivity index (χ2n) is 4.06. The van der Waals surface area contributed by atoms with Crippen molar-refractivity contribution in [3.63, 3.8) is 0 Å². The topological polar surface area (TPSA) is 35.2 Å². The zero-order valence-electron chi connectivity index (χ0n) is 10.7. The van der Waals surface area contributed by atoms with E-state index in [0.29, 0.717) is 11.3 Å². The lowest BCUT2D eigenvalue weighted by atomic mass is 10.2. The Labute approximate surface area is 116 Å². The number of benzene rings is 2. The molecule has 0 aliphatic heterocycles. The van der Waals surface area contributed by atoms with Gasteiger partial charge >= 0.3 is 0 Å². The molecule has 0 spiro atoms. The monoisotopic (exact) mass is 273 g/mol. The van der Waals surface area contributed by atoms with Crippen molar-refractivity contribution in [3.05, 3.63) is 65.2 Å². The maximum atomic E-state index is 13.2.